The Morgan fingerprint density at radius 1 is 0.938 bits per heavy atom. The highest BCUT2D eigenvalue weighted by molar-refractivity contribution is 5.55. The molecule has 0 aromatic heterocycles. The minimum Gasteiger partial charge on any atom is -0.493 e. The third-order valence-electron chi connectivity index (χ3n) is 6.61. The van der Waals surface area contributed by atoms with Gasteiger partial charge in [-0.1, -0.05) is 71.0 Å². The number of ether oxygens (including phenoxy) is 1. The monoisotopic (exact) mass is 440 g/mol. The van der Waals surface area contributed by atoms with Gasteiger partial charge in [0.2, 0.25) is 0 Å². The molecule has 4 nitrogen and oxygen atoms in total. The molecule has 3 N–H and O–H groups in total. The van der Waals surface area contributed by atoms with E-state index in [-0.39, 0.29) is 24.0 Å². The molecule has 2 rings (SSSR count). The molecule has 0 saturated carbocycles. The maximum absolute atomic E-state index is 10.3. The Balaban J connectivity index is 2.25. The first kappa shape index (κ1) is 26.1. The standard InChI is InChI=1S/C28H40O4/c1-7-28(8-2,19-32-25-13-10-22(17-29)23(16-25)18-30)24-12-9-21(20(3)15-24)11-14-26(31)27(4,5)6/h9-16,26,29-31H,7-8,17-19H2,1-6H3/b14-11+. The highest BCUT2D eigenvalue weighted by Crippen LogP contribution is 2.34. The third kappa shape index (κ3) is 6.22. The number of aliphatic hydroxyl groups excluding tert-OH is 3. The van der Waals surface area contributed by atoms with Crippen molar-refractivity contribution in [2.24, 2.45) is 5.41 Å². The van der Waals surface area contributed by atoms with E-state index < -0.39 is 6.10 Å². The topological polar surface area (TPSA) is 69.9 Å². The van der Waals surface area contributed by atoms with Gasteiger partial charge in [-0.2, -0.15) is 0 Å². The minimum absolute atomic E-state index is 0.100. The number of hydrogen-bond acceptors (Lipinski definition) is 4. The molecular weight excluding hydrogens is 400 g/mol. The Labute approximate surface area is 193 Å². The van der Waals surface area contributed by atoms with Gasteiger partial charge in [0, 0.05) is 5.41 Å². The molecule has 1 atom stereocenters. The number of benzene rings is 2. The van der Waals surface area contributed by atoms with Crippen LogP contribution in [-0.2, 0) is 18.6 Å². The first-order chi connectivity index (χ1) is 15.1. The van der Waals surface area contributed by atoms with Gasteiger partial charge in [0.1, 0.15) is 5.75 Å². The fourth-order valence-electron chi connectivity index (χ4n) is 3.84. The highest BCUT2D eigenvalue weighted by atomic mass is 16.5. The van der Waals surface area contributed by atoms with Gasteiger partial charge in [-0.3, -0.25) is 0 Å². The van der Waals surface area contributed by atoms with Gasteiger partial charge >= 0.3 is 0 Å². The smallest absolute Gasteiger partial charge is 0.119 e. The molecular formula is C28H40O4. The van der Waals surface area contributed by atoms with Crippen LogP contribution in [0.5, 0.6) is 5.75 Å². The lowest BCUT2D eigenvalue weighted by Crippen LogP contribution is -2.32. The Morgan fingerprint density at radius 2 is 1.59 bits per heavy atom. The van der Waals surface area contributed by atoms with Crippen molar-refractivity contribution in [2.45, 2.75) is 79.1 Å². The van der Waals surface area contributed by atoms with Crippen molar-refractivity contribution < 1.29 is 20.1 Å². The van der Waals surface area contributed by atoms with E-state index in [4.69, 9.17) is 4.74 Å². The molecule has 0 radical (unpaired) electrons. The molecule has 4 heteroatoms. The van der Waals surface area contributed by atoms with E-state index in [9.17, 15) is 15.3 Å². The van der Waals surface area contributed by atoms with E-state index in [0.717, 1.165) is 18.4 Å². The van der Waals surface area contributed by atoms with E-state index in [0.29, 0.717) is 23.5 Å². The quantitative estimate of drug-likeness (QED) is 0.454. The molecule has 2 aromatic carbocycles. The number of aryl methyl sites for hydroxylation is 1. The van der Waals surface area contributed by atoms with Crippen molar-refractivity contribution in [3.8, 4) is 5.75 Å². The molecule has 0 saturated heterocycles. The predicted molar refractivity (Wildman–Crippen MR) is 132 cm³/mol. The van der Waals surface area contributed by atoms with Crippen LogP contribution >= 0.6 is 0 Å². The van der Waals surface area contributed by atoms with Gasteiger partial charge in [-0.15, -0.1) is 0 Å². The lowest BCUT2D eigenvalue weighted by molar-refractivity contribution is 0.106. The van der Waals surface area contributed by atoms with Gasteiger partial charge in [0.05, 0.1) is 25.9 Å². The van der Waals surface area contributed by atoms with E-state index >= 15 is 0 Å². The largest absolute Gasteiger partial charge is 0.493 e. The average Bonchev–Trinajstić information content (AvgIpc) is 2.78. The molecule has 0 spiro atoms. The van der Waals surface area contributed by atoms with Gasteiger partial charge in [-0.05, 0) is 65.1 Å². The third-order valence-corrected chi connectivity index (χ3v) is 6.61. The highest BCUT2D eigenvalue weighted by Gasteiger charge is 2.30. The summed E-state index contributed by atoms with van der Waals surface area (Å²) in [7, 11) is 0. The fraction of sp³-hybridized carbons (Fsp3) is 0.500. The zero-order chi connectivity index (χ0) is 23.9. The molecule has 176 valence electrons. The average molecular weight is 441 g/mol. The molecule has 0 fully saturated rings. The van der Waals surface area contributed by atoms with Crippen molar-refractivity contribution in [3.05, 3.63) is 70.3 Å². The van der Waals surface area contributed by atoms with Crippen molar-refractivity contribution in [2.75, 3.05) is 6.61 Å². The van der Waals surface area contributed by atoms with Gasteiger partial charge in [0.25, 0.3) is 0 Å². The molecule has 0 aliphatic heterocycles. The molecule has 1 unspecified atom stereocenters. The van der Waals surface area contributed by atoms with Crippen LogP contribution in [0.4, 0.5) is 0 Å². The molecule has 32 heavy (non-hydrogen) atoms. The molecule has 0 aliphatic rings. The Hall–Kier alpha value is -2.14. The molecule has 2 aromatic rings. The summed E-state index contributed by atoms with van der Waals surface area (Å²) < 4.78 is 6.20. The second kappa shape index (κ2) is 11.1. The van der Waals surface area contributed by atoms with E-state index in [2.05, 4.69) is 39.0 Å². The van der Waals surface area contributed by atoms with Crippen molar-refractivity contribution in [1.82, 2.24) is 0 Å². The van der Waals surface area contributed by atoms with Crippen LogP contribution < -0.4 is 4.74 Å². The first-order valence-electron chi connectivity index (χ1n) is 11.5. The van der Waals surface area contributed by atoms with Crippen LogP contribution in [0.25, 0.3) is 6.08 Å². The van der Waals surface area contributed by atoms with E-state index in [1.807, 2.05) is 39.0 Å². The summed E-state index contributed by atoms with van der Waals surface area (Å²) in [6.07, 6.45) is 5.24. The Morgan fingerprint density at radius 3 is 2.12 bits per heavy atom. The lowest BCUT2D eigenvalue weighted by Gasteiger charge is -2.33. The first-order valence-corrected chi connectivity index (χ1v) is 11.5. The minimum atomic E-state index is -0.499. The molecule has 0 heterocycles. The summed E-state index contributed by atoms with van der Waals surface area (Å²) in [4.78, 5) is 0. The summed E-state index contributed by atoms with van der Waals surface area (Å²) in [5.74, 6) is 0.699. The maximum Gasteiger partial charge on any atom is 0.119 e. The van der Waals surface area contributed by atoms with Crippen LogP contribution in [0.3, 0.4) is 0 Å². The maximum atomic E-state index is 10.3. The molecule has 0 aliphatic carbocycles. The molecule has 0 bridgehead atoms. The fourth-order valence-corrected chi connectivity index (χ4v) is 3.84. The van der Waals surface area contributed by atoms with E-state index in [1.54, 1.807) is 12.1 Å². The summed E-state index contributed by atoms with van der Waals surface area (Å²) in [6.45, 7) is 12.8. The SMILES string of the molecule is CCC(CC)(COc1ccc(CO)c(CO)c1)c1ccc(/C=C/C(O)C(C)(C)C)c(C)c1. The lowest BCUT2D eigenvalue weighted by atomic mass is 9.75. The normalized spacial score (nSPS) is 13.5. The Kier molecular flexibility index (Phi) is 9.08. The van der Waals surface area contributed by atoms with Gasteiger partial charge in [-0.25, -0.2) is 0 Å². The van der Waals surface area contributed by atoms with Crippen LogP contribution in [0, 0.1) is 12.3 Å². The number of rotatable bonds is 10. The number of aliphatic hydroxyl groups is 3. The predicted octanol–water partition coefficient (Wildman–Crippen LogP) is 5.54. The van der Waals surface area contributed by atoms with Crippen LogP contribution in [0.2, 0.25) is 0 Å². The summed E-state index contributed by atoms with van der Waals surface area (Å²) in [5, 5.41) is 29.3. The Bertz CT molecular complexity index is 904. The zero-order valence-corrected chi connectivity index (χ0v) is 20.5. The van der Waals surface area contributed by atoms with E-state index in [1.165, 1.54) is 11.1 Å². The second-order valence-corrected chi connectivity index (χ2v) is 9.76. The van der Waals surface area contributed by atoms with Crippen LogP contribution in [-0.4, -0.2) is 28.0 Å². The van der Waals surface area contributed by atoms with Crippen molar-refractivity contribution in [1.29, 1.82) is 0 Å². The summed E-state index contributed by atoms with van der Waals surface area (Å²) in [5.41, 5.74) is 4.59. The van der Waals surface area contributed by atoms with Gasteiger partial charge < -0.3 is 20.1 Å². The number of hydrogen-bond donors (Lipinski definition) is 3. The van der Waals surface area contributed by atoms with Crippen LogP contribution in [0.15, 0.2) is 42.5 Å². The van der Waals surface area contributed by atoms with Crippen LogP contribution in [0.1, 0.15) is 75.3 Å². The zero-order valence-electron chi connectivity index (χ0n) is 20.5. The van der Waals surface area contributed by atoms with Crippen molar-refractivity contribution >= 4 is 6.08 Å². The van der Waals surface area contributed by atoms with Gasteiger partial charge in [0.15, 0.2) is 0 Å². The summed E-state index contributed by atoms with van der Waals surface area (Å²) >= 11 is 0. The van der Waals surface area contributed by atoms with Crippen molar-refractivity contribution in [3.63, 3.8) is 0 Å². The summed E-state index contributed by atoms with van der Waals surface area (Å²) in [6, 6.07) is 12.0. The molecule has 0 amide bonds. The second-order valence-electron chi connectivity index (χ2n) is 9.76.